The van der Waals surface area contributed by atoms with Gasteiger partial charge >= 0.3 is 0 Å². The van der Waals surface area contributed by atoms with Crippen molar-refractivity contribution in [1.29, 1.82) is 10.8 Å². The summed E-state index contributed by atoms with van der Waals surface area (Å²) in [4.78, 5) is 0. The van der Waals surface area contributed by atoms with Gasteiger partial charge in [-0.25, -0.2) is 0 Å². The minimum absolute atomic E-state index is 0.0568. The van der Waals surface area contributed by atoms with Crippen LogP contribution in [-0.4, -0.2) is 18.5 Å². The fourth-order valence-corrected chi connectivity index (χ4v) is 1.58. The molecule has 5 nitrogen and oxygen atoms in total. The Morgan fingerprint density at radius 2 is 1.83 bits per heavy atom. The van der Waals surface area contributed by atoms with Gasteiger partial charge in [0.1, 0.15) is 0 Å². The predicted octanol–water partition coefficient (Wildman–Crippen LogP) is 1.36. The second kappa shape index (κ2) is 6.64. The standard InChI is InChI=1S/C13H21N5/c1-9(2)11-5-3-10(4-6-11)7-8-17-13(16)18-12(14)15/h3-6,9H,7-8H2,1-2H3,(H6,14,15,16,17,18). The largest absolute Gasteiger partial charge is 0.370 e. The van der Waals surface area contributed by atoms with E-state index in [0.29, 0.717) is 12.5 Å². The molecule has 1 rings (SSSR count). The summed E-state index contributed by atoms with van der Waals surface area (Å²) in [5, 5.41) is 19.6. The first-order chi connectivity index (χ1) is 8.49. The average molecular weight is 247 g/mol. The highest BCUT2D eigenvalue weighted by molar-refractivity contribution is 5.94. The van der Waals surface area contributed by atoms with E-state index in [1.807, 2.05) is 0 Å². The zero-order valence-electron chi connectivity index (χ0n) is 10.9. The first-order valence-corrected chi connectivity index (χ1v) is 6.01. The summed E-state index contributed by atoms with van der Waals surface area (Å²) in [5.41, 5.74) is 7.67. The van der Waals surface area contributed by atoms with E-state index >= 15 is 0 Å². The molecule has 0 aromatic heterocycles. The van der Waals surface area contributed by atoms with Crippen LogP contribution in [0, 0.1) is 10.8 Å². The van der Waals surface area contributed by atoms with E-state index in [1.165, 1.54) is 11.1 Å². The number of hydrogen-bond acceptors (Lipinski definition) is 2. The molecule has 0 heterocycles. The minimum Gasteiger partial charge on any atom is -0.370 e. The van der Waals surface area contributed by atoms with Crippen molar-refractivity contribution in [2.45, 2.75) is 26.2 Å². The predicted molar refractivity (Wildman–Crippen MR) is 75.0 cm³/mol. The van der Waals surface area contributed by atoms with Crippen LogP contribution < -0.4 is 16.4 Å². The molecular weight excluding hydrogens is 226 g/mol. The second-order valence-corrected chi connectivity index (χ2v) is 4.49. The van der Waals surface area contributed by atoms with Gasteiger partial charge in [-0.15, -0.1) is 0 Å². The Labute approximate surface area is 108 Å². The lowest BCUT2D eigenvalue weighted by atomic mass is 10.0. The normalized spacial score (nSPS) is 10.2. The Morgan fingerprint density at radius 3 is 2.33 bits per heavy atom. The Morgan fingerprint density at radius 1 is 1.22 bits per heavy atom. The van der Waals surface area contributed by atoms with Crippen LogP contribution in [0.15, 0.2) is 24.3 Å². The maximum absolute atomic E-state index is 7.43. The van der Waals surface area contributed by atoms with Crippen LogP contribution in [0.4, 0.5) is 0 Å². The van der Waals surface area contributed by atoms with E-state index < -0.39 is 0 Å². The van der Waals surface area contributed by atoms with Crippen molar-refractivity contribution in [3.63, 3.8) is 0 Å². The quantitative estimate of drug-likeness (QED) is 0.410. The molecule has 1 aromatic rings. The molecule has 18 heavy (non-hydrogen) atoms. The summed E-state index contributed by atoms with van der Waals surface area (Å²) in [6.45, 7) is 4.98. The molecule has 5 heteroatoms. The van der Waals surface area contributed by atoms with Gasteiger partial charge in [-0.05, 0) is 23.5 Å². The topological polar surface area (TPSA) is 97.8 Å². The van der Waals surface area contributed by atoms with Crippen LogP contribution in [0.2, 0.25) is 0 Å². The maximum Gasteiger partial charge on any atom is 0.195 e. The van der Waals surface area contributed by atoms with Gasteiger partial charge in [0, 0.05) is 6.54 Å². The van der Waals surface area contributed by atoms with Crippen molar-refractivity contribution in [3.8, 4) is 0 Å². The molecule has 0 aliphatic heterocycles. The van der Waals surface area contributed by atoms with E-state index in [0.717, 1.165) is 6.42 Å². The average Bonchev–Trinajstić information content (AvgIpc) is 2.28. The van der Waals surface area contributed by atoms with Crippen LogP contribution in [0.1, 0.15) is 30.9 Å². The summed E-state index contributed by atoms with van der Waals surface area (Å²) in [5.74, 6) is 0.375. The molecule has 1 aromatic carbocycles. The summed E-state index contributed by atoms with van der Waals surface area (Å²) in [7, 11) is 0. The van der Waals surface area contributed by atoms with Gasteiger partial charge in [-0.2, -0.15) is 0 Å². The van der Waals surface area contributed by atoms with Crippen molar-refractivity contribution in [2.24, 2.45) is 5.73 Å². The fraction of sp³-hybridized carbons (Fsp3) is 0.385. The minimum atomic E-state index is -0.228. The molecule has 0 radical (unpaired) electrons. The van der Waals surface area contributed by atoms with Crippen LogP contribution in [0.25, 0.3) is 0 Å². The molecule has 0 aliphatic carbocycles. The van der Waals surface area contributed by atoms with Crippen LogP contribution in [-0.2, 0) is 6.42 Å². The molecule has 0 saturated carbocycles. The highest BCUT2D eigenvalue weighted by Gasteiger charge is 2.00. The third kappa shape index (κ3) is 4.86. The molecule has 0 spiro atoms. The van der Waals surface area contributed by atoms with Gasteiger partial charge in [0.15, 0.2) is 11.9 Å². The number of guanidine groups is 2. The van der Waals surface area contributed by atoms with E-state index in [-0.39, 0.29) is 11.9 Å². The molecule has 0 fully saturated rings. The van der Waals surface area contributed by atoms with Crippen molar-refractivity contribution in [1.82, 2.24) is 10.6 Å². The van der Waals surface area contributed by atoms with Gasteiger partial charge in [0.05, 0.1) is 0 Å². The monoisotopic (exact) mass is 247 g/mol. The van der Waals surface area contributed by atoms with Crippen molar-refractivity contribution >= 4 is 11.9 Å². The van der Waals surface area contributed by atoms with Crippen molar-refractivity contribution < 1.29 is 0 Å². The molecule has 0 bridgehead atoms. The van der Waals surface area contributed by atoms with E-state index in [1.54, 1.807) is 0 Å². The second-order valence-electron chi connectivity index (χ2n) is 4.49. The Bertz CT molecular complexity index is 408. The fourth-order valence-electron chi connectivity index (χ4n) is 1.58. The Hall–Kier alpha value is -2.04. The van der Waals surface area contributed by atoms with Crippen molar-refractivity contribution in [2.75, 3.05) is 6.54 Å². The molecule has 0 unspecified atom stereocenters. The molecule has 98 valence electrons. The van der Waals surface area contributed by atoms with Gasteiger partial charge in [0.25, 0.3) is 0 Å². The first kappa shape index (κ1) is 14.0. The molecule has 0 atom stereocenters. The van der Waals surface area contributed by atoms with E-state index in [4.69, 9.17) is 16.6 Å². The Kier molecular flexibility index (Phi) is 5.17. The zero-order chi connectivity index (χ0) is 13.5. The number of nitrogens with one attached hydrogen (secondary N) is 4. The molecule has 0 amide bonds. The lowest BCUT2D eigenvalue weighted by molar-refractivity contribution is 0.835. The van der Waals surface area contributed by atoms with E-state index in [2.05, 4.69) is 48.7 Å². The molecule has 0 aliphatic rings. The maximum atomic E-state index is 7.43. The number of hydrogen-bond donors (Lipinski definition) is 5. The molecule has 6 N–H and O–H groups in total. The highest BCUT2D eigenvalue weighted by atomic mass is 15.2. The molecule has 0 saturated heterocycles. The number of benzene rings is 1. The summed E-state index contributed by atoms with van der Waals surface area (Å²) >= 11 is 0. The number of rotatable bonds is 4. The third-order valence-electron chi connectivity index (χ3n) is 2.62. The summed E-state index contributed by atoms with van der Waals surface area (Å²) in [6.07, 6.45) is 0.834. The third-order valence-corrected chi connectivity index (χ3v) is 2.62. The van der Waals surface area contributed by atoms with Gasteiger partial charge < -0.3 is 11.1 Å². The summed E-state index contributed by atoms with van der Waals surface area (Å²) < 4.78 is 0. The smallest absolute Gasteiger partial charge is 0.195 e. The van der Waals surface area contributed by atoms with Crippen LogP contribution in [0.5, 0.6) is 0 Å². The number of nitrogens with two attached hydrogens (primary N) is 1. The highest BCUT2D eigenvalue weighted by Crippen LogP contribution is 2.14. The summed E-state index contributed by atoms with van der Waals surface area (Å²) in [6, 6.07) is 8.50. The van der Waals surface area contributed by atoms with Gasteiger partial charge in [-0.1, -0.05) is 38.1 Å². The van der Waals surface area contributed by atoms with E-state index in [9.17, 15) is 0 Å². The van der Waals surface area contributed by atoms with Gasteiger partial charge in [0.2, 0.25) is 0 Å². The zero-order valence-corrected chi connectivity index (χ0v) is 10.9. The SMILES string of the molecule is CC(C)c1ccc(CCNC(=N)NC(=N)N)cc1. The van der Waals surface area contributed by atoms with Crippen LogP contribution in [0.3, 0.4) is 0 Å². The van der Waals surface area contributed by atoms with Crippen molar-refractivity contribution in [3.05, 3.63) is 35.4 Å². The lowest BCUT2D eigenvalue weighted by Gasteiger charge is -2.09. The lowest BCUT2D eigenvalue weighted by Crippen LogP contribution is -2.43. The Balaban J connectivity index is 2.35. The first-order valence-electron chi connectivity index (χ1n) is 6.01. The van der Waals surface area contributed by atoms with Gasteiger partial charge in [-0.3, -0.25) is 16.1 Å². The molecular formula is C13H21N5. The van der Waals surface area contributed by atoms with Crippen LogP contribution >= 0.6 is 0 Å².